The van der Waals surface area contributed by atoms with E-state index in [0.717, 1.165) is 49.7 Å². The molecule has 4 heterocycles. The smallest absolute Gasteiger partial charge is 0.241 e. The fourth-order valence-electron chi connectivity index (χ4n) is 8.89. The molecule has 6 aromatic carbocycles. The van der Waals surface area contributed by atoms with Gasteiger partial charge in [0.1, 0.15) is 34.8 Å². The summed E-state index contributed by atoms with van der Waals surface area (Å²) in [4.78, 5) is 0.0746. The summed E-state index contributed by atoms with van der Waals surface area (Å²) in [6.07, 6.45) is 1.78. The van der Waals surface area contributed by atoms with Crippen molar-refractivity contribution in [1.82, 2.24) is 9.44 Å². The van der Waals surface area contributed by atoms with Gasteiger partial charge in [-0.2, -0.15) is 9.44 Å². The van der Waals surface area contributed by atoms with Crippen LogP contribution in [-0.2, 0) is 26.5 Å². The third kappa shape index (κ3) is 8.64. The summed E-state index contributed by atoms with van der Waals surface area (Å²) in [6, 6.07) is 36.5. The number of benzene rings is 6. The van der Waals surface area contributed by atoms with Crippen LogP contribution in [0.5, 0.6) is 23.0 Å². The van der Waals surface area contributed by atoms with Gasteiger partial charge in [0.25, 0.3) is 0 Å². The van der Waals surface area contributed by atoms with Crippen LogP contribution in [0, 0.1) is 20.8 Å². The summed E-state index contributed by atoms with van der Waals surface area (Å²) in [6.45, 7) is 7.66. The SMILES string of the molecule is Cc1cccc(C)c1C(NS(=O)(=O)c1ccc2c(c1)OCCCO2)c1cc2ccc(Cc3cccc(C)c3C(NS(=O)(=O)c3ccc4c(c3)OCCCO4)c3cc4ccccc4o3)cc2o1. The van der Waals surface area contributed by atoms with E-state index in [1.165, 1.54) is 24.3 Å². The fraction of sp³-hybridized carbons (Fsp3) is 0.231. The molecule has 10 rings (SSSR count). The van der Waals surface area contributed by atoms with Crippen LogP contribution in [0.4, 0.5) is 0 Å². The summed E-state index contributed by atoms with van der Waals surface area (Å²) >= 11 is 0. The quantitative estimate of drug-likeness (QED) is 0.121. The lowest BCUT2D eigenvalue weighted by atomic mass is 9.90. The third-order valence-corrected chi connectivity index (χ3v) is 15.0. The highest BCUT2D eigenvalue weighted by atomic mass is 32.2. The molecule has 0 saturated carbocycles. The van der Waals surface area contributed by atoms with E-state index < -0.39 is 32.1 Å². The Balaban J connectivity index is 1.01. The van der Waals surface area contributed by atoms with Gasteiger partial charge in [-0.3, -0.25) is 0 Å². The number of aryl methyl sites for hydroxylation is 3. The van der Waals surface area contributed by atoms with Crippen LogP contribution in [0.3, 0.4) is 0 Å². The second kappa shape index (κ2) is 17.7. The molecule has 0 radical (unpaired) electrons. The molecule has 2 N–H and O–H groups in total. The predicted octanol–water partition coefficient (Wildman–Crippen LogP) is 10.2. The molecule has 0 bridgehead atoms. The van der Waals surface area contributed by atoms with Gasteiger partial charge in [0, 0.05) is 35.7 Å². The Bertz CT molecular complexity index is 3300. The lowest BCUT2D eigenvalue weighted by Crippen LogP contribution is -2.30. The number of fused-ring (bicyclic) bond motifs is 4. The van der Waals surface area contributed by atoms with Gasteiger partial charge in [-0.25, -0.2) is 16.8 Å². The highest BCUT2D eigenvalue weighted by Crippen LogP contribution is 2.39. The van der Waals surface area contributed by atoms with Gasteiger partial charge in [0.15, 0.2) is 23.0 Å². The highest BCUT2D eigenvalue weighted by Gasteiger charge is 2.32. The molecule has 2 aliphatic heterocycles. The van der Waals surface area contributed by atoms with Crippen molar-refractivity contribution in [3.63, 3.8) is 0 Å². The van der Waals surface area contributed by atoms with Crippen molar-refractivity contribution in [3.05, 3.63) is 178 Å². The number of sulfonamides is 2. The number of furan rings is 2. The van der Waals surface area contributed by atoms with Crippen molar-refractivity contribution in [2.75, 3.05) is 26.4 Å². The lowest BCUT2D eigenvalue weighted by molar-refractivity contribution is 0.296. The average molecular weight is 925 g/mol. The van der Waals surface area contributed by atoms with E-state index in [1.807, 2.05) is 112 Å². The van der Waals surface area contributed by atoms with E-state index in [9.17, 15) is 16.8 Å². The first-order valence-corrected chi connectivity index (χ1v) is 24.9. The minimum Gasteiger partial charge on any atom is -0.490 e. The van der Waals surface area contributed by atoms with Crippen LogP contribution >= 0.6 is 0 Å². The maximum atomic E-state index is 14.4. The molecule has 0 amide bonds. The Morgan fingerprint density at radius 1 is 0.485 bits per heavy atom. The standard InChI is InChI=1S/C52H48N2O10S2/c1-32-10-6-11-33(2)49(32)51(53-65(55,56)39-18-20-42-45(30-39)61-24-8-22-59-42)47-29-37-17-16-35(27-44(37)64-47)26-38-14-7-12-34(3)50(38)52(48-28-36-13-4-5-15-41(36)63-48)54-66(57,58)40-19-21-43-46(31-40)62-25-9-23-60-43/h4-7,10-21,27-31,51-54H,8-9,22-26H2,1-3H3. The third-order valence-electron chi connectivity index (χ3n) is 12.2. The monoisotopic (exact) mass is 924 g/mol. The van der Waals surface area contributed by atoms with Gasteiger partial charge in [0.2, 0.25) is 20.0 Å². The minimum atomic E-state index is -4.17. The molecule has 0 aliphatic carbocycles. The van der Waals surface area contributed by atoms with Crippen LogP contribution in [0.15, 0.2) is 146 Å². The second-order valence-electron chi connectivity index (χ2n) is 16.8. The normalized spacial score (nSPS) is 15.0. The van der Waals surface area contributed by atoms with Gasteiger partial charge in [-0.1, -0.05) is 66.7 Å². The molecule has 0 saturated heterocycles. The first kappa shape index (κ1) is 43.3. The molecule has 2 atom stereocenters. The van der Waals surface area contributed by atoms with Crippen molar-refractivity contribution >= 4 is 42.0 Å². The van der Waals surface area contributed by atoms with E-state index in [2.05, 4.69) is 9.44 Å². The van der Waals surface area contributed by atoms with Crippen LogP contribution < -0.4 is 28.4 Å². The van der Waals surface area contributed by atoms with Crippen molar-refractivity contribution < 1.29 is 44.6 Å². The van der Waals surface area contributed by atoms with Crippen molar-refractivity contribution in [1.29, 1.82) is 0 Å². The number of nitrogens with one attached hydrogen (secondary N) is 2. The van der Waals surface area contributed by atoms with Crippen LogP contribution in [0.25, 0.3) is 21.9 Å². The number of hydrogen-bond donors (Lipinski definition) is 2. The lowest BCUT2D eigenvalue weighted by Gasteiger charge is -2.23. The van der Waals surface area contributed by atoms with E-state index >= 15 is 0 Å². The molecule has 0 fully saturated rings. The van der Waals surface area contributed by atoms with Gasteiger partial charge in [-0.15, -0.1) is 0 Å². The Kier molecular flexibility index (Phi) is 11.6. The van der Waals surface area contributed by atoms with Gasteiger partial charge >= 0.3 is 0 Å². The number of hydrogen-bond acceptors (Lipinski definition) is 10. The molecule has 338 valence electrons. The Labute approximate surface area is 383 Å². The molecule has 0 spiro atoms. The molecule has 8 aromatic rings. The zero-order valence-corrected chi connectivity index (χ0v) is 38.3. The molecular weight excluding hydrogens is 877 g/mol. The minimum absolute atomic E-state index is 0.0327. The molecule has 2 aromatic heterocycles. The van der Waals surface area contributed by atoms with E-state index in [1.54, 1.807) is 12.1 Å². The second-order valence-corrected chi connectivity index (χ2v) is 20.2. The Morgan fingerprint density at radius 3 is 1.58 bits per heavy atom. The van der Waals surface area contributed by atoms with Crippen LogP contribution in [-0.4, -0.2) is 43.3 Å². The van der Waals surface area contributed by atoms with Gasteiger partial charge in [0.05, 0.1) is 36.2 Å². The molecular formula is C52H48N2O10S2. The summed E-state index contributed by atoms with van der Waals surface area (Å²) in [5.41, 5.74) is 7.13. The summed E-state index contributed by atoms with van der Waals surface area (Å²) < 4.78 is 99.6. The van der Waals surface area contributed by atoms with Crippen LogP contribution in [0.2, 0.25) is 0 Å². The van der Waals surface area contributed by atoms with Gasteiger partial charge in [-0.05, 0) is 115 Å². The van der Waals surface area contributed by atoms with Gasteiger partial charge < -0.3 is 27.8 Å². The zero-order chi connectivity index (χ0) is 45.6. The largest absolute Gasteiger partial charge is 0.490 e. The Hall–Kier alpha value is -6.58. The van der Waals surface area contributed by atoms with E-state index in [-0.39, 0.29) is 9.79 Å². The summed E-state index contributed by atoms with van der Waals surface area (Å²) in [7, 11) is -8.29. The van der Waals surface area contributed by atoms with E-state index in [4.69, 9.17) is 27.8 Å². The molecule has 14 heteroatoms. The van der Waals surface area contributed by atoms with Crippen molar-refractivity contribution in [2.24, 2.45) is 0 Å². The summed E-state index contributed by atoms with van der Waals surface area (Å²) in [5.74, 6) is 2.60. The first-order valence-electron chi connectivity index (χ1n) is 21.9. The van der Waals surface area contributed by atoms with Crippen molar-refractivity contribution in [3.8, 4) is 23.0 Å². The van der Waals surface area contributed by atoms with E-state index in [0.29, 0.717) is 91.4 Å². The molecule has 66 heavy (non-hydrogen) atoms. The maximum absolute atomic E-state index is 14.4. The molecule has 2 aliphatic rings. The number of ether oxygens (including phenoxy) is 4. The maximum Gasteiger partial charge on any atom is 0.241 e. The average Bonchev–Trinajstić information content (AvgIpc) is 3.75. The predicted molar refractivity (Wildman–Crippen MR) is 251 cm³/mol. The molecule has 2 unspecified atom stereocenters. The Morgan fingerprint density at radius 2 is 0.985 bits per heavy atom. The number of para-hydroxylation sites is 1. The fourth-order valence-corrected chi connectivity index (χ4v) is 11.3. The zero-order valence-electron chi connectivity index (χ0n) is 36.6. The van der Waals surface area contributed by atoms with Crippen LogP contribution in [0.1, 0.15) is 75.4 Å². The summed E-state index contributed by atoms with van der Waals surface area (Å²) in [5, 5.41) is 1.62. The highest BCUT2D eigenvalue weighted by molar-refractivity contribution is 7.89. The first-order chi connectivity index (χ1) is 31.9. The molecule has 12 nitrogen and oxygen atoms in total. The van der Waals surface area contributed by atoms with Crippen molar-refractivity contribution in [2.45, 2.75) is 61.9 Å². The number of rotatable bonds is 12. The topological polar surface area (TPSA) is 156 Å².